The van der Waals surface area contributed by atoms with Crippen molar-refractivity contribution in [1.29, 1.82) is 0 Å². The second-order valence-corrected chi connectivity index (χ2v) is 11.4. The van der Waals surface area contributed by atoms with Crippen LogP contribution in [-0.4, -0.2) is 102 Å². The Morgan fingerprint density at radius 1 is 0.571 bits per heavy atom. The predicted octanol–water partition coefficient (Wildman–Crippen LogP) is 0.448. The minimum Gasteiger partial charge on any atom is -0.481 e. The van der Waals surface area contributed by atoms with Gasteiger partial charge in [0.05, 0.1) is 24.7 Å². The normalized spacial score (nSPS) is 10.0. The van der Waals surface area contributed by atoms with Gasteiger partial charge in [0.15, 0.2) is 23.0 Å². The van der Waals surface area contributed by atoms with Crippen molar-refractivity contribution in [1.82, 2.24) is 30.6 Å². The number of amides is 2. The molecule has 2 amide bonds. The molecule has 0 aliphatic rings. The van der Waals surface area contributed by atoms with Crippen molar-refractivity contribution in [3.8, 4) is 0 Å². The quantitative estimate of drug-likeness (QED) is 0.0737. The average molecular weight is 779 g/mol. The number of rotatable bonds is 16. The molecular weight excluding hydrogens is 732 g/mol. The summed E-state index contributed by atoms with van der Waals surface area (Å²) in [5.41, 5.74) is 20.8. The summed E-state index contributed by atoms with van der Waals surface area (Å²) in [4.78, 5) is 82.8. The molecular formula is C36H46N10O10. The summed E-state index contributed by atoms with van der Waals surface area (Å²) in [6.07, 6.45) is 6.65. The van der Waals surface area contributed by atoms with Crippen molar-refractivity contribution in [3.05, 3.63) is 108 Å². The van der Waals surface area contributed by atoms with E-state index >= 15 is 0 Å². The summed E-state index contributed by atoms with van der Waals surface area (Å²) in [6.45, 7) is 0.0333. The number of benzene rings is 2. The fourth-order valence-corrected chi connectivity index (χ4v) is 4.38. The molecule has 0 aliphatic carbocycles. The summed E-state index contributed by atoms with van der Waals surface area (Å²) in [6, 6.07) is 18.1. The number of carboxylic acids is 4. The molecule has 0 aliphatic heterocycles. The smallest absolute Gasteiger partial charge is 0.312 e. The van der Waals surface area contributed by atoms with Gasteiger partial charge in [-0.2, -0.15) is 0 Å². The summed E-state index contributed by atoms with van der Waals surface area (Å²) in [7, 11) is 0. The van der Waals surface area contributed by atoms with E-state index in [1.54, 1.807) is 24.8 Å². The van der Waals surface area contributed by atoms with Crippen LogP contribution in [0.2, 0.25) is 0 Å². The van der Waals surface area contributed by atoms with Crippen LogP contribution in [0.1, 0.15) is 51.4 Å². The van der Waals surface area contributed by atoms with Crippen LogP contribution in [0.4, 0.5) is 11.6 Å². The molecule has 56 heavy (non-hydrogen) atoms. The minimum atomic E-state index is -1.41. The SMILES string of the molecule is NCCC(=O)O.NCCC(=O)O.Nc1nc(C(=O)NCC(Cc2ccccc2)(Cc2ccccc2)C(=O)O)c(N)nc1C(=O)NCCC(=O)O.c1cnccn1. The fourth-order valence-electron chi connectivity index (χ4n) is 4.38. The third-order valence-corrected chi connectivity index (χ3v) is 7.01. The van der Waals surface area contributed by atoms with Gasteiger partial charge in [-0.15, -0.1) is 0 Å². The van der Waals surface area contributed by atoms with Crippen LogP contribution in [0, 0.1) is 5.41 Å². The van der Waals surface area contributed by atoms with Crippen molar-refractivity contribution in [3.63, 3.8) is 0 Å². The first-order valence-corrected chi connectivity index (χ1v) is 16.7. The van der Waals surface area contributed by atoms with Crippen molar-refractivity contribution in [2.75, 3.05) is 37.6 Å². The highest BCUT2D eigenvalue weighted by Gasteiger charge is 2.39. The lowest BCUT2D eigenvalue weighted by Crippen LogP contribution is -2.46. The van der Waals surface area contributed by atoms with E-state index in [4.69, 9.17) is 38.3 Å². The molecule has 20 heteroatoms. The third-order valence-electron chi connectivity index (χ3n) is 7.01. The molecule has 4 aromatic rings. The van der Waals surface area contributed by atoms with Crippen molar-refractivity contribution >= 4 is 47.3 Å². The lowest BCUT2D eigenvalue weighted by atomic mass is 9.76. The van der Waals surface area contributed by atoms with Gasteiger partial charge in [0.2, 0.25) is 0 Å². The van der Waals surface area contributed by atoms with Crippen LogP contribution in [0.25, 0.3) is 0 Å². The molecule has 20 nitrogen and oxygen atoms in total. The van der Waals surface area contributed by atoms with Crippen LogP contribution >= 0.6 is 0 Å². The first-order chi connectivity index (χ1) is 26.6. The van der Waals surface area contributed by atoms with Gasteiger partial charge in [-0.1, -0.05) is 60.7 Å². The molecule has 0 spiro atoms. The number of carboxylic acid groups (broad SMARTS) is 4. The molecule has 2 heterocycles. The van der Waals surface area contributed by atoms with Gasteiger partial charge >= 0.3 is 23.9 Å². The van der Waals surface area contributed by atoms with E-state index in [0.29, 0.717) is 0 Å². The Bertz CT molecular complexity index is 1750. The van der Waals surface area contributed by atoms with Gasteiger partial charge in [0.25, 0.3) is 11.8 Å². The fraction of sp³-hybridized carbons (Fsp3) is 0.278. The first kappa shape index (κ1) is 47.0. The standard InChI is InChI=1S/C26H28N6O6.C4H4N2.2C3H7NO2/c27-21-19(23(35)29-12-11-18(33)34)31-22(28)20(32-21)24(36)30-15-26(25(37)38,13-16-7-3-1-4-8-16)14-17-9-5-2-6-10-17;1-2-6-4-3-5-1;2*4-2-1-3(5)6/h1-10H,11-15H2,(H2,27,32)(H2,28,31)(H,29,35)(H,30,36)(H,33,34)(H,37,38);1-4H;2*1-2,4H2,(H,5,6). The number of carbonyl (C=O) groups excluding carboxylic acids is 2. The molecule has 300 valence electrons. The molecule has 4 rings (SSSR count). The Morgan fingerprint density at radius 2 is 0.946 bits per heavy atom. The summed E-state index contributed by atoms with van der Waals surface area (Å²) >= 11 is 0. The highest BCUT2D eigenvalue weighted by Crippen LogP contribution is 2.29. The zero-order valence-electron chi connectivity index (χ0n) is 30.3. The molecule has 0 unspecified atom stereocenters. The molecule has 0 saturated heterocycles. The zero-order chi connectivity index (χ0) is 41.9. The highest BCUT2D eigenvalue weighted by molar-refractivity contribution is 6.01. The van der Waals surface area contributed by atoms with Gasteiger partial charge in [0, 0.05) is 51.0 Å². The van der Waals surface area contributed by atoms with E-state index in [9.17, 15) is 33.9 Å². The Kier molecular flexibility index (Phi) is 21.7. The Morgan fingerprint density at radius 3 is 1.25 bits per heavy atom. The Balaban J connectivity index is 0.000000712. The second kappa shape index (κ2) is 25.8. The van der Waals surface area contributed by atoms with Crippen molar-refractivity contribution in [2.24, 2.45) is 16.9 Å². The molecule has 2 aromatic heterocycles. The van der Waals surface area contributed by atoms with Gasteiger partial charge in [0.1, 0.15) is 0 Å². The monoisotopic (exact) mass is 778 g/mol. The summed E-state index contributed by atoms with van der Waals surface area (Å²) in [5.74, 6) is -6.28. The van der Waals surface area contributed by atoms with E-state index in [1.165, 1.54) is 0 Å². The van der Waals surface area contributed by atoms with E-state index in [0.717, 1.165) is 11.1 Å². The van der Waals surface area contributed by atoms with Gasteiger partial charge in [-0.05, 0) is 24.0 Å². The highest BCUT2D eigenvalue weighted by atomic mass is 16.4. The number of carbonyl (C=O) groups is 6. The Hall–Kier alpha value is -7.06. The van der Waals surface area contributed by atoms with Crippen molar-refractivity contribution < 1.29 is 49.2 Å². The van der Waals surface area contributed by atoms with E-state index in [2.05, 4.69) is 30.6 Å². The van der Waals surface area contributed by atoms with E-state index in [1.807, 2.05) is 60.7 Å². The molecule has 14 N–H and O–H groups in total. The van der Waals surface area contributed by atoms with Gasteiger partial charge in [-0.3, -0.25) is 38.7 Å². The number of aromatic nitrogens is 4. The van der Waals surface area contributed by atoms with E-state index in [-0.39, 0.29) is 69.7 Å². The number of anilines is 2. The molecule has 0 fully saturated rings. The maximum Gasteiger partial charge on any atom is 0.312 e. The first-order valence-electron chi connectivity index (χ1n) is 16.7. The molecule has 0 radical (unpaired) electrons. The van der Waals surface area contributed by atoms with Gasteiger partial charge in [-0.25, -0.2) is 9.97 Å². The maximum absolute atomic E-state index is 13.0. The van der Waals surface area contributed by atoms with E-state index < -0.39 is 52.7 Å². The average Bonchev–Trinajstić information content (AvgIpc) is 3.16. The zero-order valence-corrected chi connectivity index (χ0v) is 30.3. The van der Waals surface area contributed by atoms with Crippen LogP contribution in [0.3, 0.4) is 0 Å². The van der Waals surface area contributed by atoms with Crippen molar-refractivity contribution in [2.45, 2.75) is 32.1 Å². The lowest BCUT2D eigenvalue weighted by Gasteiger charge is -2.30. The number of nitrogens with two attached hydrogens (primary N) is 4. The number of nitrogen functional groups attached to an aromatic ring is 2. The number of hydrogen-bond acceptors (Lipinski definition) is 14. The lowest BCUT2D eigenvalue weighted by molar-refractivity contribution is -0.148. The van der Waals surface area contributed by atoms with Crippen LogP contribution in [-0.2, 0) is 32.0 Å². The molecule has 0 saturated carbocycles. The van der Waals surface area contributed by atoms with Crippen LogP contribution < -0.4 is 33.6 Å². The Labute approximate surface area is 321 Å². The van der Waals surface area contributed by atoms with Crippen LogP contribution in [0.5, 0.6) is 0 Å². The number of aliphatic carboxylic acids is 4. The maximum atomic E-state index is 13.0. The topological polar surface area (TPSA) is 363 Å². The van der Waals surface area contributed by atoms with Gasteiger partial charge < -0.3 is 54.0 Å². The molecule has 0 atom stereocenters. The molecule has 2 aromatic carbocycles. The second-order valence-electron chi connectivity index (χ2n) is 11.4. The number of nitrogens with zero attached hydrogens (tertiary/aromatic N) is 4. The largest absolute Gasteiger partial charge is 0.481 e. The summed E-state index contributed by atoms with van der Waals surface area (Å²) in [5, 5.41) is 39.6. The van der Waals surface area contributed by atoms with Crippen LogP contribution in [0.15, 0.2) is 85.5 Å². The molecule has 0 bridgehead atoms. The summed E-state index contributed by atoms with van der Waals surface area (Å²) < 4.78 is 0. The predicted molar refractivity (Wildman–Crippen MR) is 203 cm³/mol. The number of hydrogen-bond donors (Lipinski definition) is 10. The number of nitrogens with one attached hydrogen (secondary N) is 2. The minimum absolute atomic E-state index is 0.0694. The third kappa shape index (κ3) is 18.6.